The molecular weight excluding hydrogens is 194 g/mol. The van der Waals surface area contributed by atoms with Gasteiger partial charge in [-0.3, -0.25) is 0 Å². The summed E-state index contributed by atoms with van der Waals surface area (Å²) in [6.45, 7) is 0. The van der Waals surface area contributed by atoms with Crippen LogP contribution in [0.4, 0.5) is 14.6 Å². The van der Waals surface area contributed by atoms with Crippen molar-refractivity contribution in [3.8, 4) is 11.6 Å². The molecule has 1 aromatic heterocycles. The van der Waals surface area contributed by atoms with Crippen LogP contribution in [0.25, 0.3) is 0 Å². The topological polar surface area (TPSA) is 57.4 Å². The van der Waals surface area contributed by atoms with E-state index in [1.807, 2.05) is 0 Å². The molecule has 0 atom stereocenters. The number of hydrogen-bond acceptors (Lipinski definition) is 4. The molecule has 0 aliphatic carbocycles. The maximum Gasteiger partial charge on any atom is 0.267 e. The predicted octanol–water partition coefficient (Wildman–Crippen LogP) is 1.62. The largest absolute Gasteiger partial charge is 0.491 e. The van der Waals surface area contributed by atoms with Crippen LogP contribution in [0.1, 0.15) is 12.0 Å². The summed E-state index contributed by atoms with van der Waals surface area (Å²) >= 11 is 0. The highest BCUT2D eigenvalue weighted by Gasteiger charge is 2.17. The molecule has 0 fully saturated rings. The molecule has 14 heavy (non-hydrogen) atoms. The summed E-state index contributed by atoms with van der Waals surface area (Å²) in [7, 11) is 2.69. The Hall–Kier alpha value is -1.59. The van der Waals surface area contributed by atoms with Crippen molar-refractivity contribution in [1.82, 2.24) is 4.98 Å². The van der Waals surface area contributed by atoms with Gasteiger partial charge < -0.3 is 15.2 Å². The molecule has 1 aromatic rings. The molecule has 2 N–H and O–H groups in total. The van der Waals surface area contributed by atoms with Crippen molar-refractivity contribution in [2.45, 2.75) is 6.43 Å². The number of ether oxygens (including phenoxy) is 2. The van der Waals surface area contributed by atoms with Crippen LogP contribution in [0.5, 0.6) is 11.6 Å². The van der Waals surface area contributed by atoms with Gasteiger partial charge in [0.05, 0.1) is 19.8 Å². The molecule has 0 aromatic carbocycles. The maximum absolute atomic E-state index is 12.4. The molecule has 1 rings (SSSR count). The number of aromatic nitrogens is 1. The number of anilines is 1. The quantitative estimate of drug-likeness (QED) is 0.812. The number of pyridine rings is 1. The van der Waals surface area contributed by atoms with E-state index in [1.54, 1.807) is 0 Å². The Kier molecular flexibility index (Phi) is 3.06. The van der Waals surface area contributed by atoms with Crippen LogP contribution in [0.15, 0.2) is 6.07 Å². The van der Waals surface area contributed by atoms with E-state index in [2.05, 4.69) is 4.98 Å². The normalized spacial score (nSPS) is 10.4. The van der Waals surface area contributed by atoms with Gasteiger partial charge in [0.1, 0.15) is 5.82 Å². The first-order chi connectivity index (χ1) is 6.60. The van der Waals surface area contributed by atoms with Gasteiger partial charge in [0.2, 0.25) is 0 Å². The molecule has 0 amide bonds. The number of nitrogens with two attached hydrogens (primary N) is 1. The predicted molar refractivity (Wildman–Crippen MR) is 46.7 cm³/mol. The molecule has 0 radical (unpaired) electrons. The Bertz CT molecular complexity index is 331. The molecule has 78 valence electrons. The van der Waals surface area contributed by atoms with Gasteiger partial charge in [-0.2, -0.15) is 4.98 Å². The Labute approximate surface area is 79.6 Å². The van der Waals surface area contributed by atoms with E-state index in [9.17, 15) is 8.78 Å². The SMILES string of the molecule is COc1cc(C(F)F)c(N)nc1OC. The first kappa shape index (κ1) is 10.5. The van der Waals surface area contributed by atoms with Crippen molar-refractivity contribution in [3.63, 3.8) is 0 Å². The Balaban J connectivity index is 3.23. The molecule has 0 saturated heterocycles. The second kappa shape index (κ2) is 4.08. The van der Waals surface area contributed by atoms with Gasteiger partial charge in [-0.05, 0) is 6.07 Å². The second-order valence-electron chi connectivity index (χ2n) is 2.48. The average molecular weight is 204 g/mol. The van der Waals surface area contributed by atoms with Crippen molar-refractivity contribution < 1.29 is 18.3 Å². The summed E-state index contributed by atoms with van der Waals surface area (Å²) in [4.78, 5) is 3.63. The first-order valence-corrected chi connectivity index (χ1v) is 3.76. The van der Waals surface area contributed by atoms with Gasteiger partial charge in [0.25, 0.3) is 12.3 Å². The van der Waals surface area contributed by atoms with Crippen molar-refractivity contribution in [1.29, 1.82) is 0 Å². The lowest BCUT2D eigenvalue weighted by molar-refractivity contribution is 0.151. The van der Waals surface area contributed by atoms with Gasteiger partial charge >= 0.3 is 0 Å². The van der Waals surface area contributed by atoms with Gasteiger partial charge in [0, 0.05) is 0 Å². The summed E-state index contributed by atoms with van der Waals surface area (Å²) in [6.07, 6.45) is -2.68. The smallest absolute Gasteiger partial charge is 0.267 e. The zero-order chi connectivity index (χ0) is 10.7. The number of rotatable bonds is 3. The lowest BCUT2D eigenvalue weighted by atomic mass is 10.2. The van der Waals surface area contributed by atoms with Crippen LogP contribution in [-0.2, 0) is 0 Å². The molecule has 0 aliphatic rings. The molecule has 0 bridgehead atoms. The minimum absolute atomic E-state index is 0.0920. The minimum atomic E-state index is -2.68. The van der Waals surface area contributed by atoms with Crippen molar-refractivity contribution >= 4 is 5.82 Å². The Morgan fingerprint density at radius 2 is 2.00 bits per heavy atom. The van der Waals surface area contributed by atoms with E-state index in [4.69, 9.17) is 15.2 Å². The van der Waals surface area contributed by atoms with E-state index in [0.717, 1.165) is 6.07 Å². The number of hydrogen-bond donors (Lipinski definition) is 1. The third kappa shape index (κ3) is 1.84. The molecule has 1 heterocycles. The zero-order valence-electron chi connectivity index (χ0n) is 7.75. The average Bonchev–Trinajstić information content (AvgIpc) is 2.16. The number of nitrogens with zero attached hydrogens (tertiary/aromatic N) is 1. The summed E-state index contributed by atoms with van der Waals surface area (Å²) in [5.74, 6) is -0.0240. The molecule has 0 unspecified atom stereocenters. The highest BCUT2D eigenvalue weighted by atomic mass is 19.3. The molecule has 6 heteroatoms. The number of halogens is 2. The van der Waals surface area contributed by atoms with E-state index in [-0.39, 0.29) is 23.0 Å². The lowest BCUT2D eigenvalue weighted by Gasteiger charge is -2.10. The standard InChI is InChI=1S/C8H10F2N2O2/c1-13-5-3-4(6(9)10)7(11)12-8(5)14-2/h3,6H,1-2H3,(H2,11,12). The Morgan fingerprint density at radius 3 is 2.43 bits per heavy atom. The summed E-state index contributed by atoms with van der Waals surface area (Å²) < 4.78 is 34.3. The summed E-state index contributed by atoms with van der Waals surface area (Å²) in [5.41, 5.74) is 4.94. The second-order valence-corrected chi connectivity index (χ2v) is 2.48. The fourth-order valence-corrected chi connectivity index (χ4v) is 0.973. The molecule has 0 aliphatic heterocycles. The highest BCUT2D eigenvalue weighted by molar-refractivity contribution is 5.49. The summed E-state index contributed by atoms with van der Waals surface area (Å²) in [5, 5.41) is 0. The van der Waals surface area contributed by atoms with Crippen LogP contribution in [0.2, 0.25) is 0 Å². The Morgan fingerprint density at radius 1 is 1.36 bits per heavy atom. The lowest BCUT2D eigenvalue weighted by Crippen LogP contribution is -2.02. The van der Waals surface area contributed by atoms with Crippen LogP contribution >= 0.6 is 0 Å². The third-order valence-corrected chi connectivity index (χ3v) is 1.66. The van der Waals surface area contributed by atoms with Gasteiger partial charge in [-0.25, -0.2) is 8.78 Å². The van der Waals surface area contributed by atoms with Crippen LogP contribution < -0.4 is 15.2 Å². The van der Waals surface area contributed by atoms with Crippen molar-refractivity contribution in [2.24, 2.45) is 0 Å². The number of methoxy groups -OCH3 is 2. The maximum atomic E-state index is 12.4. The number of alkyl halides is 2. The van der Waals surface area contributed by atoms with E-state index in [1.165, 1.54) is 14.2 Å². The molecular formula is C8H10F2N2O2. The van der Waals surface area contributed by atoms with Crippen molar-refractivity contribution in [3.05, 3.63) is 11.6 Å². The van der Waals surface area contributed by atoms with Gasteiger partial charge in [-0.15, -0.1) is 0 Å². The summed E-state index contributed by atoms with van der Waals surface area (Å²) in [6, 6.07) is 1.12. The van der Waals surface area contributed by atoms with E-state index >= 15 is 0 Å². The van der Waals surface area contributed by atoms with E-state index < -0.39 is 6.43 Å². The first-order valence-electron chi connectivity index (χ1n) is 3.76. The minimum Gasteiger partial charge on any atom is -0.491 e. The van der Waals surface area contributed by atoms with Crippen LogP contribution in [0, 0.1) is 0 Å². The number of nitrogen functional groups attached to an aromatic ring is 1. The van der Waals surface area contributed by atoms with Crippen molar-refractivity contribution in [2.75, 3.05) is 20.0 Å². The monoisotopic (exact) mass is 204 g/mol. The molecule has 0 saturated carbocycles. The molecule has 4 nitrogen and oxygen atoms in total. The van der Waals surface area contributed by atoms with Crippen LogP contribution in [-0.4, -0.2) is 19.2 Å². The fourth-order valence-electron chi connectivity index (χ4n) is 0.973. The molecule has 0 spiro atoms. The van der Waals surface area contributed by atoms with Gasteiger partial charge in [0.15, 0.2) is 5.75 Å². The van der Waals surface area contributed by atoms with Crippen LogP contribution in [0.3, 0.4) is 0 Å². The zero-order valence-corrected chi connectivity index (χ0v) is 7.75. The fraction of sp³-hybridized carbons (Fsp3) is 0.375. The highest BCUT2D eigenvalue weighted by Crippen LogP contribution is 2.33. The third-order valence-electron chi connectivity index (χ3n) is 1.66. The van der Waals surface area contributed by atoms with Gasteiger partial charge in [-0.1, -0.05) is 0 Å². The van der Waals surface area contributed by atoms with E-state index in [0.29, 0.717) is 0 Å².